The van der Waals surface area contributed by atoms with Crippen LogP contribution in [0.25, 0.3) is 0 Å². The van der Waals surface area contributed by atoms with Crippen LogP contribution in [-0.4, -0.2) is 18.6 Å². The van der Waals surface area contributed by atoms with Gasteiger partial charge in [0.15, 0.2) is 11.5 Å². The maximum atomic E-state index is 5.58. The maximum Gasteiger partial charge on any atom is 0.178 e. The van der Waals surface area contributed by atoms with Crippen molar-refractivity contribution in [3.63, 3.8) is 0 Å². The molecule has 0 aliphatic carbocycles. The Kier molecular flexibility index (Phi) is 4.64. The SMILES string of the molecule is COc1ccc2c(c1)CCN1Cc3cc(OOc4ccc(C)cc4)ccc3CC21. The zero-order valence-corrected chi connectivity index (χ0v) is 16.9. The van der Waals surface area contributed by atoms with Crippen molar-refractivity contribution in [3.05, 3.63) is 88.5 Å². The van der Waals surface area contributed by atoms with Crippen LogP contribution < -0.4 is 14.5 Å². The van der Waals surface area contributed by atoms with Gasteiger partial charge < -0.3 is 4.74 Å². The van der Waals surface area contributed by atoms with Gasteiger partial charge >= 0.3 is 0 Å². The largest absolute Gasteiger partial charge is 0.497 e. The molecule has 0 saturated carbocycles. The number of methoxy groups -OCH3 is 1. The predicted molar refractivity (Wildman–Crippen MR) is 112 cm³/mol. The smallest absolute Gasteiger partial charge is 0.178 e. The third-order valence-corrected chi connectivity index (χ3v) is 6.04. The zero-order chi connectivity index (χ0) is 19.8. The second-order valence-corrected chi connectivity index (χ2v) is 7.92. The molecule has 4 nitrogen and oxygen atoms in total. The van der Waals surface area contributed by atoms with Gasteiger partial charge in [-0.25, -0.2) is 0 Å². The van der Waals surface area contributed by atoms with E-state index in [1.54, 1.807) is 7.11 Å². The first-order valence-electron chi connectivity index (χ1n) is 10.1. The summed E-state index contributed by atoms with van der Waals surface area (Å²) in [4.78, 5) is 13.6. The summed E-state index contributed by atoms with van der Waals surface area (Å²) in [6, 6.07) is 21.1. The molecule has 0 aromatic heterocycles. The highest BCUT2D eigenvalue weighted by atomic mass is 17.2. The maximum absolute atomic E-state index is 5.58. The number of ether oxygens (including phenoxy) is 1. The normalized spacial score (nSPS) is 17.7. The lowest BCUT2D eigenvalue weighted by molar-refractivity contribution is -0.100. The van der Waals surface area contributed by atoms with Crippen molar-refractivity contribution in [1.82, 2.24) is 4.90 Å². The summed E-state index contributed by atoms with van der Waals surface area (Å²) in [6.45, 7) is 4.05. The van der Waals surface area contributed by atoms with E-state index in [4.69, 9.17) is 14.5 Å². The molecule has 2 aliphatic heterocycles. The fourth-order valence-corrected chi connectivity index (χ4v) is 4.41. The number of hydrogen-bond acceptors (Lipinski definition) is 4. The summed E-state index contributed by atoms with van der Waals surface area (Å²) >= 11 is 0. The van der Waals surface area contributed by atoms with Crippen LogP contribution in [0.15, 0.2) is 60.7 Å². The summed E-state index contributed by atoms with van der Waals surface area (Å²) < 4.78 is 5.41. The van der Waals surface area contributed by atoms with Gasteiger partial charge in [-0.1, -0.05) is 29.8 Å². The first kappa shape index (κ1) is 18.1. The van der Waals surface area contributed by atoms with Crippen molar-refractivity contribution in [2.45, 2.75) is 32.4 Å². The number of benzene rings is 3. The number of aryl methyl sites for hydroxylation is 1. The molecule has 0 radical (unpaired) electrons. The summed E-state index contributed by atoms with van der Waals surface area (Å²) in [5, 5.41) is 0. The first-order chi connectivity index (χ1) is 14.2. The van der Waals surface area contributed by atoms with Crippen molar-refractivity contribution in [2.75, 3.05) is 13.7 Å². The van der Waals surface area contributed by atoms with E-state index in [2.05, 4.69) is 42.2 Å². The highest BCUT2D eigenvalue weighted by Crippen LogP contribution is 2.39. The second kappa shape index (κ2) is 7.45. The zero-order valence-electron chi connectivity index (χ0n) is 16.9. The van der Waals surface area contributed by atoms with E-state index in [0.29, 0.717) is 11.8 Å². The van der Waals surface area contributed by atoms with E-state index >= 15 is 0 Å². The molecule has 3 aromatic rings. The molecule has 1 unspecified atom stereocenters. The lowest BCUT2D eigenvalue weighted by Crippen LogP contribution is -2.39. The van der Waals surface area contributed by atoms with Gasteiger partial charge in [-0.05, 0) is 78.4 Å². The van der Waals surface area contributed by atoms with Crippen molar-refractivity contribution < 1.29 is 14.5 Å². The molecule has 3 aromatic carbocycles. The molecule has 2 aliphatic rings. The quantitative estimate of drug-likeness (QED) is 0.464. The standard InChI is InChI=1S/C25H25NO3/c1-17-3-6-21(7-4-17)28-29-23-8-5-18-15-25-24-10-9-22(27-2)13-19(24)11-12-26(25)16-20(18)14-23/h3-10,13-14,25H,11-12,15-16H2,1-2H3. The average molecular weight is 387 g/mol. The monoisotopic (exact) mass is 387 g/mol. The Morgan fingerprint density at radius 2 is 1.52 bits per heavy atom. The number of hydrogen-bond donors (Lipinski definition) is 0. The van der Waals surface area contributed by atoms with E-state index in [1.165, 1.54) is 27.8 Å². The number of fused-ring (bicyclic) bond motifs is 4. The topological polar surface area (TPSA) is 30.9 Å². The van der Waals surface area contributed by atoms with E-state index in [-0.39, 0.29) is 0 Å². The number of nitrogens with zero attached hydrogens (tertiary/aromatic N) is 1. The Labute approximate surface area is 171 Å². The predicted octanol–water partition coefficient (Wildman–Crippen LogP) is 5.03. The molecule has 0 N–H and O–H groups in total. The molecule has 0 fully saturated rings. The van der Waals surface area contributed by atoms with Gasteiger partial charge in [-0.15, -0.1) is 0 Å². The minimum atomic E-state index is 0.438. The molecular weight excluding hydrogens is 362 g/mol. The minimum absolute atomic E-state index is 0.438. The van der Waals surface area contributed by atoms with Crippen LogP contribution in [0, 0.1) is 6.92 Å². The van der Waals surface area contributed by atoms with Crippen molar-refractivity contribution in [3.8, 4) is 17.2 Å². The molecule has 0 amide bonds. The van der Waals surface area contributed by atoms with E-state index in [1.807, 2.05) is 30.3 Å². The fraction of sp³-hybridized carbons (Fsp3) is 0.280. The van der Waals surface area contributed by atoms with Crippen LogP contribution in [-0.2, 0) is 19.4 Å². The van der Waals surface area contributed by atoms with Gasteiger partial charge in [-0.2, -0.15) is 0 Å². The highest BCUT2D eigenvalue weighted by Gasteiger charge is 2.32. The number of rotatable bonds is 4. The van der Waals surface area contributed by atoms with Gasteiger partial charge in [0.1, 0.15) is 5.75 Å². The molecule has 4 heteroatoms. The van der Waals surface area contributed by atoms with E-state index < -0.39 is 0 Å². The van der Waals surface area contributed by atoms with E-state index in [0.717, 1.165) is 37.4 Å². The Bertz CT molecular complexity index is 1030. The molecule has 0 spiro atoms. The van der Waals surface area contributed by atoms with Gasteiger partial charge in [0.05, 0.1) is 7.11 Å². The lowest BCUT2D eigenvalue weighted by atomic mass is 9.84. The summed E-state index contributed by atoms with van der Waals surface area (Å²) in [6.07, 6.45) is 2.08. The van der Waals surface area contributed by atoms with Crippen molar-refractivity contribution >= 4 is 0 Å². The Morgan fingerprint density at radius 1 is 0.793 bits per heavy atom. The first-order valence-corrected chi connectivity index (χ1v) is 10.1. The molecule has 148 valence electrons. The summed E-state index contributed by atoms with van der Waals surface area (Å²) in [5.74, 6) is 2.39. The Balaban J connectivity index is 1.33. The Hall–Kier alpha value is -2.98. The van der Waals surface area contributed by atoms with Crippen LogP contribution in [0.1, 0.15) is 33.9 Å². The molecular formula is C25H25NO3. The fourth-order valence-electron chi connectivity index (χ4n) is 4.41. The lowest BCUT2D eigenvalue weighted by Gasteiger charge is -2.41. The average Bonchev–Trinajstić information content (AvgIpc) is 2.76. The van der Waals surface area contributed by atoms with Gasteiger partial charge in [0.2, 0.25) is 0 Å². The third kappa shape index (κ3) is 3.56. The van der Waals surface area contributed by atoms with E-state index in [9.17, 15) is 0 Å². The summed E-state index contributed by atoms with van der Waals surface area (Å²) in [5.41, 5.74) is 6.76. The highest BCUT2D eigenvalue weighted by molar-refractivity contribution is 5.44. The molecule has 0 bridgehead atoms. The summed E-state index contributed by atoms with van der Waals surface area (Å²) in [7, 11) is 1.73. The van der Waals surface area contributed by atoms with Crippen LogP contribution in [0.4, 0.5) is 0 Å². The molecule has 29 heavy (non-hydrogen) atoms. The van der Waals surface area contributed by atoms with Crippen LogP contribution in [0.5, 0.6) is 17.2 Å². The molecule has 5 rings (SSSR count). The van der Waals surface area contributed by atoms with Crippen LogP contribution in [0.3, 0.4) is 0 Å². The Morgan fingerprint density at radius 3 is 2.34 bits per heavy atom. The van der Waals surface area contributed by atoms with Crippen molar-refractivity contribution in [1.29, 1.82) is 0 Å². The third-order valence-electron chi connectivity index (χ3n) is 6.04. The minimum Gasteiger partial charge on any atom is -0.497 e. The van der Waals surface area contributed by atoms with Gasteiger partial charge in [0.25, 0.3) is 0 Å². The van der Waals surface area contributed by atoms with Crippen molar-refractivity contribution in [2.24, 2.45) is 0 Å². The van der Waals surface area contributed by atoms with Gasteiger partial charge in [-0.3, -0.25) is 14.7 Å². The van der Waals surface area contributed by atoms with Crippen LogP contribution in [0.2, 0.25) is 0 Å². The second-order valence-electron chi connectivity index (χ2n) is 7.92. The molecule has 2 heterocycles. The molecule has 1 atom stereocenters. The molecule has 0 saturated heterocycles. The van der Waals surface area contributed by atoms with Gasteiger partial charge in [0, 0.05) is 19.1 Å². The van der Waals surface area contributed by atoms with Crippen LogP contribution >= 0.6 is 0 Å².